The number of halogens is 3. The molecule has 0 aromatic rings. The molecule has 0 aromatic heterocycles. The second-order valence-corrected chi connectivity index (χ2v) is 3.51. The van der Waals surface area contributed by atoms with Crippen LogP contribution in [-0.4, -0.2) is 43.1 Å². The quantitative estimate of drug-likeness (QED) is 0.628. The van der Waals surface area contributed by atoms with Crippen LogP contribution in [0.5, 0.6) is 0 Å². The van der Waals surface area contributed by atoms with Gasteiger partial charge in [-0.15, -0.1) is 0 Å². The minimum Gasteiger partial charge on any atom is -0.382 e. The highest BCUT2D eigenvalue weighted by atomic mass is 19.4. The van der Waals surface area contributed by atoms with Crippen molar-refractivity contribution < 1.29 is 18.3 Å². The van der Waals surface area contributed by atoms with Crippen LogP contribution in [0.1, 0.15) is 12.8 Å². The van der Waals surface area contributed by atoms with Crippen molar-refractivity contribution in [1.29, 1.82) is 0 Å². The second kappa shape index (κ2) is 4.95. The Balaban J connectivity index is 2.19. The van der Waals surface area contributed by atoms with Gasteiger partial charge in [-0.25, -0.2) is 0 Å². The van der Waals surface area contributed by atoms with E-state index < -0.39 is 18.8 Å². The first-order valence-electron chi connectivity index (χ1n) is 4.69. The van der Waals surface area contributed by atoms with Gasteiger partial charge in [-0.2, -0.15) is 13.2 Å². The van der Waals surface area contributed by atoms with Crippen molar-refractivity contribution in [2.24, 2.45) is 0 Å². The van der Waals surface area contributed by atoms with Gasteiger partial charge in [0.15, 0.2) is 6.10 Å². The maximum atomic E-state index is 11.9. The third-order valence-corrected chi connectivity index (χ3v) is 2.27. The molecule has 0 saturated carbocycles. The maximum Gasteiger partial charge on any atom is 0.415 e. The zero-order valence-corrected chi connectivity index (χ0v) is 7.77. The minimum atomic E-state index is -4.52. The van der Waals surface area contributed by atoms with Gasteiger partial charge in [-0.3, -0.25) is 0 Å². The van der Waals surface area contributed by atoms with Gasteiger partial charge in [0.25, 0.3) is 0 Å². The van der Waals surface area contributed by atoms with Crippen molar-refractivity contribution >= 4 is 0 Å². The van der Waals surface area contributed by atoms with Crippen molar-refractivity contribution in [1.82, 2.24) is 10.6 Å². The molecule has 2 atom stereocenters. The number of alkyl halides is 3. The molecular formula is C8H15F3N2O. The molecule has 84 valence electrons. The number of hydrogen-bond donors (Lipinski definition) is 3. The summed E-state index contributed by atoms with van der Waals surface area (Å²) in [4.78, 5) is 0. The van der Waals surface area contributed by atoms with Crippen LogP contribution in [0.4, 0.5) is 13.2 Å². The van der Waals surface area contributed by atoms with Gasteiger partial charge in [0.05, 0.1) is 0 Å². The fraction of sp³-hybridized carbons (Fsp3) is 1.00. The molecule has 3 nitrogen and oxygen atoms in total. The van der Waals surface area contributed by atoms with Crippen LogP contribution in [0.2, 0.25) is 0 Å². The van der Waals surface area contributed by atoms with Gasteiger partial charge in [0, 0.05) is 19.1 Å². The van der Waals surface area contributed by atoms with Gasteiger partial charge >= 0.3 is 6.18 Å². The van der Waals surface area contributed by atoms with E-state index in [9.17, 15) is 13.2 Å². The normalized spacial score (nSPS) is 26.1. The summed E-state index contributed by atoms with van der Waals surface area (Å²) in [5.74, 6) is 0. The zero-order chi connectivity index (χ0) is 10.6. The molecule has 0 aromatic carbocycles. The maximum absolute atomic E-state index is 11.9. The van der Waals surface area contributed by atoms with Crippen molar-refractivity contribution in [2.75, 3.05) is 19.6 Å². The van der Waals surface area contributed by atoms with Crippen LogP contribution < -0.4 is 10.6 Å². The van der Waals surface area contributed by atoms with Crippen LogP contribution in [0.25, 0.3) is 0 Å². The zero-order valence-electron chi connectivity index (χ0n) is 7.77. The molecule has 6 heteroatoms. The highest BCUT2D eigenvalue weighted by Crippen LogP contribution is 2.19. The molecule has 0 bridgehead atoms. The molecule has 1 heterocycles. The predicted octanol–water partition coefficient (Wildman–Crippen LogP) is 0.251. The molecule has 3 N–H and O–H groups in total. The first-order valence-corrected chi connectivity index (χ1v) is 4.69. The largest absolute Gasteiger partial charge is 0.415 e. The molecule has 0 aliphatic carbocycles. The van der Waals surface area contributed by atoms with E-state index in [1.165, 1.54) is 0 Å². The number of aliphatic hydroxyl groups excluding tert-OH is 1. The number of hydrogen-bond acceptors (Lipinski definition) is 3. The van der Waals surface area contributed by atoms with Gasteiger partial charge < -0.3 is 15.7 Å². The number of nitrogens with one attached hydrogen (secondary N) is 2. The summed E-state index contributed by atoms with van der Waals surface area (Å²) < 4.78 is 35.7. The summed E-state index contributed by atoms with van der Waals surface area (Å²) in [7, 11) is 0. The Bertz CT molecular complexity index is 168. The number of rotatable bonds is 3. The summed E-state index contributed by atoms with van der Waals surface area (Å²) in [6.45, 7) is 1.17. The monoisotopic (exact) mass is 212 g/mol. The van der Waals surface area contributed by atoms with E-state index in [0.717, 1.165) is 19.4 Å². The van der Waals surface area contributed by atoms with Crippen LogP contribution >= 0.6 is 0 Å². The Hall–Kier alpha value is -0.330. The molecule has 0 amide bonds. The lowest BCUT2D eigenvalue weighted by Crippen LogP contribution is -2.48. The van der Waals surface area contributed by atoms with E-state index in [1.807, 2.05) is 0 Å². The number of aliphatic hydroxyl groups is 1. The van der Waals surface area contributed by atoms with Crippen LogP contribution in [-0.2, 0) is 0 Å². The Labute approximate surface area is 80.7 Å². The lowest BCUT2D eigenvalue weighted by Gasteiger charge is -2.25. The van der Waals surface area contributed by atoms with E-state index in [0.29, 0.717) is 6.54 Å². The molecule has 1 fully saturated rings. The molecule has 0 radical (unpaired) electrons. The van der Waals surface area contributed by atoms with E-state index in [1.54, 1.807) is 0 Å². The van der Waals surface area contributed by atoms with Gasteiger partial charge in [-0.05, 0) is 19.4 Å². The second-order valence-electron chi connectivity index (χ2n) is 3.51. The fourth-order valence-corrected chi connectivity index (χ4v) is 1.42. The van der Waals surface area contributed by atoms with Crippen LogP contribution in [0.15, 0.2) is 0 Å². The summed E-state index contributed by atoms with van der Waals surface area (Å²) in [6, 6.07) is 0.0424. The van der Waals surface area contributed by atoms with Crippen molar-refractivity contribution in [3.8, 4) is 0 Å². The summed E-state index contributed by atoms with van der Waals surface area (Å²) in [5.41, 5.74) is 0. The van der Waals surface area contributed by atoms with Crippen LogP contribution in [0.3, 0.4) is 0 Å². The standard InChI is InChI=1S/C8H15F3N2O/c9-8(10,11)7(14)5-13-6-2-1-3-12-4-6/h6-7,12-14H,1-5H2. The molecule has 2 unspecified atom stereocenters. The minimum absolute atomic E-state index is 0.0424. The third-order valence-electron chi connectivity index (χ3n) is 2.27. The topological polar surface area (TPSA) is 44.3 Å². The summed E-state index contributed by atoms with van der Waals surface area (Å²) >= 11 is 0. The molecule has 1 aliphatic rings. The highest BCUT2D eigenvalue weighted by Gasteiger charge is 2.38. The van der Waals surface area contributed by atoms with E-state index >= 15 is 0 Å². The van der Waals surface area contributed by atoms with Gasteiger partial charge in [-0.1, -0.05) is 0 Å². The SMILES string of the molecule is OC(CNC1CCCNC1)C(F)(F)F. The van der Waals surface area contributed by atoms with E-state index in [-0.39, 0.29) is 6.04 Å². The lowest BCUT2D eigenvalue weighted by molar-refractivity contribution is -0.202. The summed E-state index contributed by atoms with van der Waals surface area (Å²) in [6.07, 6.45) is -4.96. The van der Waals surface area contributed by atoms with Gasteiger partial charge in [0.2, 0.25) is 0 Å². The molecule has 1 rings (SSSR count). The first kappa shape index (κ1) is 11.7. The van der Waals surface area contributed by atoms with E-state index in [2.05, 4.69) is 10.6 Å². The molecule has 1 saturated heterocycles. The average Bonchev–Trinajstić information content (AvgIpc) is 2.14. The molecular weight excluding hydrogens is 197 g/mol. The van der Waals surface area contributed by atoms with Crippen molar-refractivity contribution in [3.05, 3.63) is 0 Å². The van der Waals surface area contributed by atoms with Crippen LogP contribution in [0, 0.1) is 0 Å². The van der Waals surface area contributed by atoms with Gasteiger partial charge in [0.1, 0.15) is 0 Å². The summed E-state index contributed by atoms with van der Waals surface area (Å²) in [5, 5.41) is 14.5. The Morgan fingerprint density at radius 1 is 1.50 bits per heavy atom. The molecule has 1 aliphatic heterocycles. The fourth-order valence-electron chi connectivity index (χ4n) is 1.42. The third kappa shape index (κ3) is 3.81. The van der Waals surface area contributed by atoms with Crippen molar-refractivity contribution in [3.63, 3.8) is 0 Å². The number of piperidine rings is 1. The smallest absolute Gasteiger partial charge is 0.382 e. The first-order chi connectivity index (χ1) is 6.50. The van der Waals surface area contributed by atoms with Crippen molar-refractivity contribution in [2.45, 2.75) is 31.2 Å². The Morgan fingerprint density at radius 2 is 2.21 bits per heavy atom. The highest BCUT2D eigenvalue weighted by molar-refractivity contribution is 4.77. The molecule has 14 heavy (non-hydrogen) atoms. The molecule has 0 spiro atoms. The predicted molar refractivity (Wildman–Crippen MR) is 46.0 cm³/mol. The Kier molecular flexibility index (Phi) is 4.15. The Morgan fingerprint density at radius 3 is 2.71 bits per heavy atom. The lowest BCUT2D eigenvalue weighted by atomic mass is 10.1. The average molecular weight is 212 g/mol. The van der Waals surface area contributed by atoms with E-state index in [4.69, 9.17) is 5.11 Å².